The Hall–Kier alpha value is -3.53. The molecule has 4 fully saturated rings. The maximum absolute atomic E-state index is 13.8. The van der Waals surface area contributed by atoms with Crippen LogP contribution in [0.3, 0.4) is 0 Å². The minimum absolute atomic E-state index is 0.464. The molecule has 56 heavy (non-hydrogen) atoms. The van der Waals surface area contributed by atoms with Crippen molar-refractivity contribution in [2.45, 2.75) is 100 Å². The maximum Gasteiger partial charge on any atom is 0.264 e. The smallest absolute Gasteiger partial charge is 0.264 e. The van der Waals surface area contributed by atoms with Gasteiger partial charge in [-0.1, -0.05) is 71.8 Å². The van der Waals surface area contributed by atoms with E-state index in [0.29, 0.717) is 10.1 Å². The number of amides is 2. The Morgan fingerprint density at radius 1 is 0.821 bits per heavy atom. The normalized spacial score (nSPS) is 37.5. The molecule has 9 N–H and O–H groups in total. The number of aliphatic hydroxyl groups excluding tert-OH is 7. The molecule has 0 radical (unpaired) electrons. The molecule has 0 spiro atoms. The summed E-state index contributed by atoms with van der Waals surface area (Å²) < 4.78 is 27.9. The molecule has 0 aromatic rings. The van der Waals surface area contributed by atoms with Crippen molar-refractivity contribution >= 4 is 40.8 Å². The van der Waals surface area contributed by atoms with Crippen molar-refractivity contribution in [3.8, 4) is 0 Å². The second-order valence-corrected chi connectivity index (χ2v) is 14.2. The van der Waals surface area contributed by atoms with Gasteiger partial charge in [-0.15, -0.1) is 0 Å². The average molecular weight is 830 g/mol. The van der Waals surface area contributed by atoms with Crippen LogP contribution in [0.1, 0.15) is 20.3 Å². The van der Waals surface area contributed by atoms with E-state index >= 15 is 0 Å². The van der Waals surface area contributed by atoms with Gasteiger partial charge in [-0.2, -0.15) is 0 Å². The number of likely N-dealkylation sites (tertiary alicyclic amines) is 1. The van der Waals surface area contributed by atoms with Gasteiger partial charge in [0.15, 0.2) is 24.6 Å². The zero-order valence-electron chi connectivity index (χ0n) is 30.2. The highest BCUT2D eigenvalue weighted by Crippen LogP contribution is 2.35. The fourth-order valence-corrected chi connectivity index (χ4v) is 6.25. The molecule has 4 aliphatic rings. The van der Waals surface area contributed by atoms with E-state index in [4.69, 9.17) is 52.6 Å². The zero-order chi connectivity index (χ0) is 41.3. The van der Waals surface area contributed by atoms with E-state index in [1.807, 2.05) is 0 Å². The van der Waals surface area contributed by atoms with Crippen LogP contribution in [0, 0.1) is 0 Å². The first-order valence-corrected chi connectivity index (χ1v) is 18.2. The molecule has 4 rings (SSSR count). The van der Waals surface area contributed by atoms with Crippen molar-refractivity contribution in [3.05, 3.63) is 94.3 Å². The number of aliphatic hydroxyl groups is 7. The van der Waals surface area contributed by atoms with Crippen molar-refractivity contribution in [1.29, 1.82) is 0 Å². The molecule has 0 aromatic heterocycles. The van der Waals surface area contributed by atoms with E-state index in [9.17, 15) is 50.1 Å². The van der Waals surface area contributed by atoms with E-state index in [1.165, 1.54) is 19.1 Å². The van der Waals surface area contributed by atoms with Gasteiger partial charge in [0.2, 0.25) is 5.91 Å². The quantitative estimate of drug-likeness (QED) is 0.0492. The molecule has 1 unspecified atom stereocenters. The van der Waals surface area contributed by atoms with Crippen LogP contribution < -0.4 is 5.73 Å². The first-order valence-electron chi connectivity index (χ1n) is 17.4. The van der Waals surface area contributed by atoms with Gasteiger partial charge < -0.3 is 65.2 Å². The summed E-state index contributed by atoms with van der Waals surface area (Å²) in [6.45, 7) is 2.19. The third kappa shape index (κ3) is 11.3. The molecule has 13 atom stereocenters. The summed E-state index contributed by atoms with van der Waals surface area (Å²) in [6.07, 6.45) is -0.244. The Balaban J connectivity index is 1.48. The summed E-state index contributed by atoms with van der Waals surface area (Å²) in [5, 5.41) is 75.2. The van der Waals surface area contributed by atoms with Gasteiger partial charge in [-0.05, 0) is 38.2 Å². The van der Waals surface area contributed by atoms with E-state index in [1.54, 1.807) is 61.6 Å². The predicted octanol–water partition coefficient (Wildman–Crippen LogP) is -0.107. The number of hydrogen-bond acceptors (Lipinski definition) is 15. The molecule has 19 heteroatoms. The van der Waals surface area contributed by atoms with Crippen LogP contribution in [-0.2, 0) is 38.1 Å². The number of carbonyl (C=O) groups excluding carboxylic acids is 3. The summed E-state index contributed by atoms with van der Waals surface area (Å²) in [7, 11) is 0. The second kappa shape index (κ2) is 20.8. The Labute approximate surface area is 332 Å². The fraction of sp³-hybridized carbons (Fsp3) is 0.486. The van der Waals surface area contributed by atoms with Crippen LogP contribution in [0.4, 0.5) is 0 Å². The van der Waals surface area contributed by atoms with Crippen molar-refractivity contribution in [1.82, 2.24) is 4.90 Å². The molecule has 17 nitrogen and oxygen atoms in total. The zero-order valence-corrected chi connectivity index (χ0v) is 31.7. The number of nitrogens with two attached hydrogens (primary N) is 1. The van der Waals surface area contributed by atoms with Gasteiger partial charge >= 0.3 is 0 Å². The van der Waals surface area contributed by atoms with Crippen LogP contribution in [0.2, 0.25) is 0 Å². The molecule has 4 heterocycles. The lowest BCUT2D eigenvalue weighted by Gasteiger charge is -2.46. The van der Waals surface area contributed by atoms with Crippen LogP contribution in [0.5, 0.6) is 0 Å². The van der Waals surface area contributed by atoms with E-state index in [2.05, 4.69) is 0 Å². The van der Waals surface area contributed by atoms with Gasteiger partial charge in [-0.25, -0.2) is 0 Å². The highest BCUT2D eigenvalue weighted by molar-refractivity contribution is 6.31. The Bertz CT molecular complexity index is 1670. The number of nitrogens with zero attached hydrogens (tertiary/aromatic N) is 1. The van der Waals surface area contributed by atoms with Gasteiger partial charge in [0.05, 0.1) is 25.7 Å². The predicted molar refractivity (Wildman–Crippen MR) is 198 cm³/mol. The molecule has 0 aromatic carbocycles. The molecular weight excluding hydrogens is 783 g/mol. The summed E-state index contributed by atoms with van der Waals surface area (Å²) >= 11 is 11.8. The van der Waals surface area contributed by atoms with Gasteiger partial charge in [0, 0.05) is 10.1 Å². The molecule has 2 amide bonds. The second-order valence-electron chi connectivity index (χ2n) is 13.1. The fourth-order valence-electron chi connectivity index (χ4n) is 6.03. The topological polar surface area (TPSA) is 268 Å². The standard InChI is InChI=1S/C37H46Cl2N2O15/c1-18(38)11-10-13-20(39)12-8-6-4-3-5-7-9-14-22(42)26-28(46)21(15-25(40)44)41(34(26)51)35-33(29(47)23(43)16-52-35)56-36-32(50)30(48)24(17-53-36)55-37-31(49)27(45)19(2)54-37/h3-14,19,21,23-24,27,29-33,35-37,42-43,45,47-50H,15-17H2,1-2H3,(H2,40,44)/b4-3+,7-5+,8-6+,13-10+,14-9+,18-11-,20-12-,26-22?/t19-,21+,23-,24-,27-,29-,30+,31+,32+,33+,35?,36+,37+/m1/s1. The Morgan fingerprint density at radius 3 is 2.09 bits per heavy atom. The number of Topliss-reactive ketones (excluding diaryl/α,β-unsaturated/α-hetero) is 1. The lowest BCUT2D eigenvalue weighted by Crippen LogP contribution is -2.65. The first-order chi connectivity index (χ1) is 26.5. The monoisotopic (exact) mass is 828 g/mol. The molecule has 0 bridgehead atoms. The maximum atomic E-state index is 13.8. The lowest BCUT2D eigenvalue weighted by molar-refractivity contribution is -0.338. The number of hydrogen-bond donors (Lipinski definition) is 8. The SMILES string of the molecule is C/C(Cl)=C/C=C/C(Cl)=C/C=C/C=C/C=C/C=C/C(O)=C1C(=O)[C@H](CC(N)=O)N(C2OC[C@@H](O)[C@@H](O)[C@@H]2O[C@@H]2OC[C@@H](O[C@@H]3O[C@H](C)[C@@H](O)[C@@H]3O)[C@H](O)[C@@H]2O)C1=O. The van der Waals surface area contributed by atoms with Crippen molar-refractivity contribution in [2.75, 3.05) is 13.2 Å². The van der Waals surface area contributed by atoms with E-state index in [-0.39, 0.29) is 0 Å². The Kier molecular flexibility index (Phi) is 16.7. The summed E-state index contributed by atoms with van der Waals surface area (Å²) in [5.41, 5.74) is 4.68. The number of carbonyl (C=O) groups is 3. The van der Waals surface area contributed by atoms with Crippen LogP contribution in [0.15, 0.2) is 94.3 Å². The van der Waals surface area contributed by atoms with Crippen molar-refractivity contribution in [2.24, 2.45) is 5.73 Å². The number of allylic oxidation sites excluding steroid dienone is 14. The molecule has 0 aliphatic carbocycles. The minimum atomic E-state index is -1.89. The highest BCUT2D eigenvalue weighted by atomic mass is 35.5. The van der Waals surface area contributed by atoms with Crippen LogP contribution in [-0.4, -0.2) is 151 Å². The number of primary amides is 1. The molecular formula is C37H46Cl2N2O15. The molecule has 308 valence electrons. The summed E-state index contributed by atoms with van der Waals surface area (Å²) in [6, 6.07) is -1.63. The minimum Gasteiger partial charge on any atom is -0.507 e. The van der Waals surface area contributed by atoms with Crippen molar-refractivity contribution in [3.63, 3.8) is 0 Å². The number of rotatable bonds is 14. The Morgan fingerprint density at radius 2 is 1.46 bits per heavy atom. The van der Waals surface area contributed by atoms with Gasteiger partial charge in [0.25, 0.3) is 5.91 Å². The van der Waals surface area contributed by atoms with E-state index < -0.39 is 128 Å². The number of ketones is 1. The highest BCUT2D eigenvalue weighted by Gasteiger charge is 2.56. The van der Waals surface area contributed by atoms with Crippen LogP contribution in [0.25, 0.3) is 0 Å². The molecule has 0 saturated carbocycles. The van der Waals surface area contributed by atoms with Crippen LogP contribution >= 0.6 is 23.2 Å². The summed E-state index contributed by atoms with van der Waals surface area (Å²) in [5.74, 6) is -3.88. The third-order valence-electron chi connectivity index (χ3n) is 8.96. The third-order valence-corrected chi connectivity index (χ3v) is 9.34. The molecule has 4 aliphatic heterocycles. The summed E-state index contributed by atoms with van der Waals surface area (Å²) in [4.78, 5) is 40.2. The molecule has 4 saturated heterocycles. The first kappa shape index (κ1) is 45.2. The number of ether oxygens (including phenoxy) is 5. The van der Waals surface area contributed by atoms with Gasteiger partial charge in [-0.3, -0.25) is 19.3 Å². The number of halogens is 2. The largest absolute Gasteiger partial charge is 0.507 e. The van der Waals surface area contributed by atoms with Crippen molar-refractivity contribution < 1.29 is 73.8 Å². The van der Waals surface area contributed by atoms with Gasteiger partial charge in [0.1, 0.15) is 66.2 Å². The lowest BCUT2D eigenvalue weighted by atomic mass is 10.0. The average Bonchev–Trinajstić information content (AvgIpc) is 3.52. The van der Waals surface area contributed by atoms with E-state index in [0.717, 1.165) is 11.0 Å².